The molecular weight excluding hydrogens is 132 g/mol. The van der Waals surface area contributed by atoms with Gasteiger partial charge in [0.1, 0.15) is 0 Å². The standard InChI is InChI=1S/C6H14N2O2/c1-2-10-5-3-4-8-6(7)9/h2-5H2,1H3,(H3,7,8,9). The number of amides is 2. The van der Waals surface area contributed by atoms with Crippen molar-refractivity contribution in [2.75, 3.05) is 19.8 Å². The first kappa shape index (κ1) is 9.23. The molecule has 4 nitrogen and oxygen atoms in total. The minimum atomic E-state index is -0.475. The van der Waals surface area contributed by atoms with E-state index >= 15 is 0 Å². The molecule has 2 amide bonds. The fraction of sp³-hybridized carbons (Fsp3) is 0.833. The molecule has 0 fully saturated rings. The van der Waals surface area contributed by atoms with Crippen LogP contribution in [-0.4, -0.2) is 25.8 Å². The second-order valence-electron chi connectivity index (χ2n) is 1.84. The molecule has 0 aliphatic heterocycles. The van der Waals surface area contributed by atoms with Crippen molar-refractivity contribution in [3.05, 3.63) is 0 Å². The monoisotopic (exact) mass is 146 g/mol. The highest BCUT2D eigenvalue weighted by atomic mass is 16.5. The van der Waals surface area contributed by atoms with E-state index in [0.717, 1.165) is 13.0 Å². The number of carbonyl (C=O) groups is 1. The molecule has 4 heteroatoms. The van der Waals surface area contributed by atoms with Crippen molar-refractivity contribution in [1.82, 2.24) is 5.32 Å². The molecule has 0 radical (unpaired) electrons. The van der Waals surface area contributed by atoms with Gasteiger partial charge in [-0.3, -0.25) is 0 Å². The van der Waals surface area contributed by atoms with Gasteiger partial charge in [0.05, 0.1) is 0 Å². The largest absolute Gasteiger partial charge is 0.382 e. The Labute approximate surface area is 60.7 Å². The maximum atomic E-state index is 10.1. The molecule has 0 unspecified atom stereocenters. The summed E-state index contributed by atoms with van der Waals surface area (Å²) in [7, 11) is 0. The highest BCUT2D eigenvalue weighted by molar-refractivity contribution is 5.71. The molecule has 0 atom stereocenters. The summed E-state index contributed by atoms with van der Waals surface area (Å²) in [5, 5.41) is 2.46. The van der Waals surface area contributed by atoms with Crippen LogP contribution in [0.1, 0.15) is 13.3 Å². The van der Waals surface area contributed by atoms with Gasteiger partial charge < -0.3 is 15.8 Å². The average molecular weight is 146 g/mol. The number of primary amides is 1. The van der Waals surface area contributed by atoms with Gasteiger partial charge in [-0.05, 0) is 13.3 Å². The van der Waals surface area contributed by atoms with Gasteiger partial charge in [-0.2, -0.15) is 0 Å². The maximum Gasteiger partial charge on any atom is 0.312 e. The van der Waals surface area contributed by atoms with E-state index in [1.165, 1.54) is 0 Å². The topological polar surface area (TPSA) is 64.3 Å². The third kappa shape index (κ3) is 7.23. The van der Waals surface area contributed by atoms with Crippen LogP contribution >= 0.6 is 0 Å². The highest BCUT2D eigenvalue weighted by Crippen LogP contribution is 1.78. The number of nitrogens with two attached hydrogens (primary N) is 1. The highest BCUT2D eigenvalue weighted by Gasteiger charge is 1.89. The van der Waals surface area contributed by atoms with Crippen molar-refractivity contribution in [1.29, 1.82) is 0 Å². The Morgan fingerprint density at radius 2 is 2.40 bits per heavy atom. The molecule has 10 heavy (non-hydrogen) atoms. The summed E-state index contributed by atoms with van der Waals surface area (Å²) >= 11 is 0. The lowest BCUT2D eigenvalue weighted by Gasteiger charge is -2.00. The molecule has 0 aromatic heterocycles. The summed E-state index contributed by atoms with van der Waals surface area (Å²) in [6, 6.07) is -0.475. The van der Waals surface area contributed by atoms with E-state index in [2.05, 4.69) is 5.32 Å². The minimum absolute atomic E-state index is 0.475. The van der Waals surface area contributed by atoms with Gasteiger partial charge in [0.2, 0.25) is 0 Å². The lowest BCUT2D eigenvalue weighted by molar-refractivity contribution is 0.145. The van der Waals surface area contributed by atoms with Crippen LogP contribution in [-0.2, 0) is 4.74 Å². The van der Waals surface area contributed by atoms with Crippen LogP contribution in [0.4, 0.5) is 4.79 Å². The number of ether oxygens (including phenoxy) is 1. The van der Waals surface area contributed by atoms with E-state index in [-0.39, 0.29) is 0 Å². The SMILES string of the molecule is CCOCCCNC(N)=O. The smallest absolute Gasteiger partial charge is 0.312 e. The zero-order valence-electron chi connectivity index (χ0n) is 6.22. The fourth-order valence-corrected chi connectivity index (χ4v) is 0.530. The van der Waals surface area contributed by atoms with Gasteiger partial charge >= 0.3 is 6.03 Å². The summed E-state index contributed by atoms with van der Waals surface area (Å²) in [6.07, 6.45) is 0.816. The molecule has 0 aliphatic rings. The van der Waals surface area contributed by atoms with Gasteiger partial charge in [0.15, 0.2) is 0 Å². The number of nitrogens with one attached hydrogen (secondary N) is 1. The number of carbonyl (C=O) groups excluding carboxylic acids is 1. The number of hydrogen-bond acceptors (Lipinski definition) is 2. The van der Waals surface area contributed by atoms with Crippen molar-refractivity contribution < 1.29 is 9.53 Å². The number of hydrogen-bond donors (Lipinski definition) is 2. The van der Waals surface area contributed by atoms with Gasteiger partial charge in [0.25, 0.3) is 0 Å². The van der Waals surface area contributed by atoms with E-state index in [0.29, 0.717) is 13.2 Å². The molecule has 0 saturated heterocycles. The second-order valence-corrected chi connectivity index (χ2v) is 1.84. The third-order valence-corrected chi connectivity index (χ3v) is 0.969. The molecule has 0 aromatic carbocycles. The Morgan fingerprint density at radius 3 is 2.90 bits per heavy atom. The van der Waals surface area contributed by atoms with Gasteiger partial charge in [-0.15, -0.1) is 0 Å². The van der Waals surface area contributed by atoms with Gasteiger partial charge in [-0.25, -0.2) is 4.79 Å². The number of urea groups is 1. The molecular formula is C6H14N2O2. The lowest BCUT2D eigenvalue weighted by atomic mass is 10.4. The summed E-state index contributed by atoms with van der Waals surface area (Å²) < 4.78 is 5.02. The van der Waals surface area contributed by atoms with Crippen LogP contribution in [0.15, 0.2) is 0 Å². The van der Waals surface area contributed by atoms with Crippen LogP contribution in [0.25, 0.3) is 0 Å². The first-order chi connectivity index (χ1) is 4.77. The number of rotatable bonds is 5. The van der Waals surface area contributed by atoms with Crippen molar-refractivity contribution >= 4 is 6.03 Å². The van der Waals surface area contributed by atoms with Crippen molar-refractivity contribution in [3.8, 4) is 0 Å². The van der Waals surface area contributed by atoms with Crippen molar-refractivity contribution in [2.45, 2.75) is 13.3 Å². The molecule has 0 bridgehead atoms. The molecule has 0 heterocycles. The first-order valence-electron chi connectivity index (χ1n) is 3.38. The summed E-state index contributed by atoms with van der Waals surface area (Å²) in [6.45, 7) is 3.92. The van der Waals surface area contributed by atoms with Crippen LogP contribution in [0.2, 0.25) is 0 Å². The van der Waals surface area contributed by atoms with E-state index in [1.807, 2.05) is 6.92 Å². The Morgan fingerprint density at radius 1 is 1.70 bits per heavy atom. The van der Waals surface area contributed by atoms with Gasteiger partial charge in [0, 0.05) is 19.8 Å². The molecule has 0 rings (SSSR count). The molecule has 0 saturated carbocycles. The Hall–Kier alpha value is -0.770. The zero-order valence-corrected chi connectivity index (χ0v) is 6.22. The summed E-state index contributed by atoms with van der Waals surface area (Å²) in [5.74, 6) is 0. The molecule has 0 aliphatic carbocycles. The Bertz CT molecular complexity index is 95.7. The Kier molecular flexibility index (Phi) is 5.86. The fourth-order valence-electron chi connectivity index (χ4n) is 0.530. The normalized spacial score (nSPS) is 9.30. The summed E-state index contributed by atoms with van der Waals surface area (Å²) in [4.78, 5) is 10.1. The van der Waals surface area contributed by atoms with Crippen LogP contribution in [0.3, 0.4) is 0 Å². The second kappa shape index (κ2) is 6.35. The molecule has 3 N–H and O–H groups in total. The van der Waals surface area contributed by atoms with Crippen LogP contribution in [0.5, 0.6) is 0 Å². The average Bonchev–Trinajstić information content (AvgIpc) is 1.87. The van der Waals surface area contributed by atoms with E-state index in [4.69, 9.17) is 10.5 Å². The van der Waals surface area contributed by atoms with Crippen LogP contribution < -0.4 is 11.1 Å². The van der Waals surface area contributed by atoms with Crippen molar-refractivity contribution in [3.63, 3.8) is 0 Å². The quantitative estimate of drug-likeness (QED) is 0.539. The molecule has 60 valence electrons. The lowest BCUT2D eigenvalue weighted by Crippen LogP contribution is -2.30. The van der Waals surface area contributed by atoms with Crippen molar-refractivity contribution in [2.24, 2.45) is 5.73 Å². The molecule has 0 spiro atoms. The predicted molar refractivity (Wildman–Crippen MR) is 38.7 cm³/mol. The third-order valence-electron chi connectivity index (χ3n) is 0.969. The van der Waals surface area contributed by atoms with Gasteiger partial charge in [-0.1, -0.05) is 0 Å². The van der Waals surface area contributed by atoms with E-state index in [9.17, 15) is 4.79 Å². The summed E-state index contributed by atoms with van der Waals surface area (Å²) in [5.41, 5.74) is 4.82. The molecule has 0 aromatic rings. The zero-order chi connectivity index (χ0) is 7.82. The predicted octanol–water partition coefficient (Wildman–Crippen LogP) is 0.0813. The Balaban J connectivity index is 2.84. The maximum absolute atomic E-state index is 10.1. The van der Waals surface area contributed by atoms with Crippen LogP contribution in [0, 0.1) is 0 Å². The van der Waals surface area contributed by atoms with E-state index < -0.39 is 6.03 Å². The first-order valence-corrected chi connectivity index (χ1v) is 3.38. The van der Waals surface area contributed by atoms with E-state index in [1.54, 1.807) is 0 Å². The minimum Gasteiger partial charge on any atom is -0.382 e.